The number of nitrogens with zero attached hydrogens (tertiary/aromatic N) is 2. The van der Waals surface area contributed by atoms with Crippen LogP contribution in [-0.2, 0) is 6.54 Å². The molecule has 0 bridgehead atoms. The van der Waals surface area contributed by atoms with Crippen molar-refractivity contribution in [3.8, 4) is 0 Å². The van der Waals surface area contributed by atoms with E-state index in [2.05, 4.69) is 29.2 Å². The van der Waals surface area contributed by atoms with Crippen LogP contribution >= 0.6 is 0 Å². The standard InChI is InChI=1S/C19H14N2O3/c1-12-2-4-13(5-3-12)9-21-10-14(11-22)17-15-6-7-24-19(23)18(15)20-8-16(17)21/h2-8,10-11H,9H2,1H3. The molecule has 0 N–H and O–H groups in total. The summed E-state index contributed by atoms with van der Waals surface area (Å²) >= 11 is 0. The Morgan fingerprint density at radius 3 is 2.75 bits per heavy atom. The van der Waals surface area contributed by atoms with Crippen LogP contribution in [0.15, 0.2) is 58.2 Å². The summed E-state index contributed by atoms with van der Waals surface area (Å²) in [6.45, 7) is 2.67. The fraction of sp³-hybridized carbons (Fsp3) is 0.105. The van der Waals surface area contributed by atoms with Gasteiger partial charge in [0.1, 0.15) is 0 Å². The van der Waals surface area contributed by atoms with Gasteiger partial charge in [-0.05, 0) is 18.6 Å². The molecule has 0 saturated carbocycles. The van der Waals surface area contributed by atoms with E-state index < -0.39 is 5.63 Å². The van der Waals surface area contributed by atoms with Crippen LogP contribution in [0.2, 0.25) is 0 Å². The Hall–Kier alpha value is -3.21. The topological polar surface area (TPSA) is 65.1 Å². The van der Waals surface area contributed by atoms with Gasteiger partial charge in [-0.3, -0.25) is 4.79 Å². The number of hydrogen-bond acceptors (Lipinski definition) is 4. The van der Waals surface area contributed by atoms with Gasteiger partial charge in [-0.15, -0.1) is 0 Å². The lowest BCUT2D eigenvalue weighted by Crippen LogP contribution is -2.02. The maximum Gasteiger partial charge on any atom is 0.362 e. The number of carbonyl (C=O) groups excluding carboxylic acids is 1. The second-order valence-corrected chi connectivity index (χ2v) is 5.80. The highest BCUT2D eigenvalue weighted by atomic mass is 16.4. The summed E-state index contributed by atoms with van der Waals surface area (Å²) in [4.78, 5) is 27.6. The zero-order valence-corrected chi connectivity index (χ0v) is 13.0. The number of aldehydes is 1. The molecule has 0 aliphatic carbocycles. The Balaban J connectivity index is 1.96. The normalized spacial score (nSPS) is 11.2. The number of pyridine rings is 1. The third-order valence-electron chi connectivity index (χ3n) is 4.19. The Morgan fingerprint density at radius 2 is 2.00 bits per heavy atom. The molecule has 4 aromatic rings. The van der Waals surface area contributed by atoms with Crippen LogP contribution < -0.4 is 5.63 Å². The highest BCUT2D eigenvalue weighted by Crippen LogP contribution is 2.27. The molecule has 3 heterocycles. The van der Waals surface area contributed by atoms with E-state index in [1.807, 2.05) is 11.5 Å². The molecule has 0 unspecified atom stereocenters. The molecule has 4 rings (SSSR count). The summed E-state index contributed by atoms with van der Waals surface area (Å²) in [5.74, 6) is 0. The minimum absolute atomic E-state index is 0.237. The van der Waals surface area contributed by atoms with Gasteiger partial charge >= 0.3 is 5.63 Å². The van der Waals surface area contributed by atoms with E-state index in [4.69, 9.17) is 4.42 Å². The van der Waals surface area contributed by atoms with E-state index in [0.29, 0.717) is 17.5 Å². The predicted molar refractivity (Wildman–Crippen MR) is 91.4 cm³/mol. The third kappa shape index (κ3) is 2.22. The quantitative estimate of drug-likeness (QED) is 0.544. The molecule has 1 aromatic carbocycles. The number of fused-ring (bicyclic) bond motifs is 3. The van der Waals surface area contributed by atoms with E-state index in [-0.39, 0.29) is 5.52 Å². The second-order valence-electron chi connectivity index (χ2n) is 5.80. The van der Waals surface area contributed by atoms with E-state index >= 15 is 0 Å². The smallest absolute Gasteiger partial charge is 0.362 e. The summed E-state index contributed by atoms with van der Waals surface area (Å²) in [6.07, 6.45) is 5.56. The van der Waals surface area contributed by atoms with E-state index in [9.17, 15) is 9.59 Å². The lowest BCUT2D eigenvalue weighted by molar-refractivity contribution is 0.112. The summed E-state index contributed by atoms with van der Waals surface area (Å²) < 4.78 is 6.84. The molecule has 0 radical (unpaired) electrons. The maximum absolute atomic E-state index is 11.8. The second kappa shape index (κ2) is 5.45. The Kier molecular flexibility index (Phi) is 3.27. The number of aromatic nitrogens is 2. The molecule has 0 amide bonds. The zero-order chi connectivity index (χ0) is 16.7. The van der Waals surface area contributed by atoms with Crippen LogP contribution in [0, 0.1) is 6.92 Å². The molecule has 0 aliphatic heterocycles. The van der Waals surface area contributed by atoms with E-state index in [1.54, 1.807) is 18.5 Å². The molecule has 0 spiro atoms. The summed E-state index contributed by atoms with van der Waals surface area (Å²) in [5.41, 5.74) is 3.41. The van der Waals surface area contributed by atoms with Crippen LogP contribution in [-0.4, -0.2) is 15.8 Å². The first-order valence-corrected chi connectivity index (χ1v) is 7.57. The van der Waals surface area contributed by atoms with Crippen molar-refractivity contribution in [1.29, 1.82) is 0 Å². The number of hydrogen-bond donors (Lipinski definition) is 0. The Labute approximate surface area is 137 Å². The molecule has 24 heavy (non-hydrogen) atoms. The van der Waals surface area contributed by atoms with Gasteiger partial charge in [0.2, 0.25) is 0 Å². The molecule has 0 atom stereocenters. The van der Waals surface area contributed by atoms with Gasteiger partial charge < -0.3 is 8.98 Å². The van der Waals surface area contributed by atoms with Crippen molar-refractivity contribution in [2.24, 2.45) is 0 Å². The Morgan fingerprint density at radius 1 is 1.21 bits per heavy atom. The summed E-state index contributed by atoms with van der Waals surface area (Å²) in [5, 5.41) is 1.36. The molecule has 3 aromatic heterocycles. The molecule has 0 fully saturated rings. The van der Waals surface area contributed by atoms with Gasteiger partial charge in [0.15, 0.2) is 11.8 Å². The molecule has 0 aliphatic rings. The van der Waals surface area contributed by atoms with Crippen molar-refractivity contribution in [1.82, 2.24) is 9.55 Å². The third-order valence-corrected chi connectivity index (χ3v) is 4.19. The minimum Gasteiger partial charge on any atom is -0.430 e. The van der Waals surface area contributed by atoms with Crippen LogP contribution in [0.1, 0.15) is 21.5 Å². The number of carbonyl (C=O) groups is 1. The first kappa shape index (κ1) is 14.4. The van der Waals surface area contributed by atoms with Gasteiger partial charge in [-0.25, -0.2) is 9.78 Å². The highest BCUT2D eigenvalue weighted by Gasteiger charge is 2.14. The first-order valence-electron chi connectivity index (χ1n) is 7.57. The first-order chi connectivity index (χ1) is 11.7. The highest BCUT2D eigenvalue weighted by molar-refractivity contribution is 6.11. The fourth-order valence-corrected chi connectivity index (χ4v) is 2.99. The SMILES string of the molecule is Cc1ccc(Cn2cc(C=O)c3c4ccoc(=O)c4ncc32)cc1. The van der Waals surface area contributed by atoms with Gasteiger partial charge in [-0.2, -0.15) is 0 Å². The molecular weight excluding hydrogens is 304 g/mol. The molecule has 5 heteroatoms. The van der Waals surface area contributed by atoms with Crippen molar-refractivity contribution in [3.63, 3.8) is 0 Å². The zero-order valence-electron chi connectivity index (χ0n) is 13.0. The van der Waals surface area contributed by atoms with Crippen molar-refractivity contribution in [2.75, 3.05) is 0 Å². The monoisotopic (exact) mass is 318 g/mol. The van der Waals surface area contributed by atoms with E-state index in [1.165, 1.54) is 11.8 Å². The number of benzene rings is 1. The van der Waals surface area contributed by atoms with Crippen LogP contribution in [0.3, 0.4) is 0 Å². The lowest BCUT2D eigenvalue weighted by Gasteiger charge is -2.06. The fourth-order valence-electron chi connectivity index (χ4n) is 2.99. The van der Waals surface area contributed by atoms with Gasteiger partial charge in [0, 0.05) is 29.1 Å². The minimum atomic E-state index is -0.502. The van der Waals surface area contributed by atoms with Gasteiger partial charge in [-0.1, -0.05) is 29.8 Å². The van der Waals surface area contributed by atoms with Crippen molar-refractivity contribution < 1.29 is 9.21 Å². The summed E-state index contributed by atoms with van der Waals surface area (Å²) in [7, 11) is 0. The van der Waals surface area contributed by atoms with Gasteiger partial charge in [0.25, 0.3) is 0 Å². The van der Waals surface area contributed by atoms with Crippen LogP contribution in [0.4, 0.5) is 0 Å². The average molecular weight is 318 g/mol. The summed E-state index contributed by atoms with van der Waals surface area (Å²) in [6, 6.07) is 9.91. The Bertz CT molecular complexity index is 1120. The predicted octanol–water partition coefficient (Wildman–Crippen LogP) is 3.31. The largest absolute Gasteiger partial charge is 0.430 e. The molecule has 0 saturated heterocycles. The van der Waals surface area contributed by atoms with Gasteiger partial charge in [0.05, 0.1) is 18.0 Å². The van der Waals surface area contributed by atoms with E-state index in [0.717, 1.165) is 22.8 Å². The van der Waals surface area contributed by atoms with Crippen molar-refractivity contribution in [2.45, 2.75) is 13.5 Å². The number of aryl methyl sites for hydroxylation is 1. The number of rotatable bonds is 3. The van der Waals surface area contributed by atoms with Crippen LogP contribution in [0.25, 0.3) is 21.8 Å². The molecule has 118 valence electrons. The van der Waals surface area contributed by atoms with Crippen LogP contribution in [0.5, 0.6) is 0 Å². The maximum atomic E-state index is 11.8. The van der Waals surface area contributed by atoms with Crippen molar-refractivity contribution >= 4 is 28.1 Å². The van der Waals surface area contributed by atoms with Crippen molar-refractivity contribution in [3.05, 3.63) is 76.1 Å². The average Bonchev–Trinajstić information content (AvgIpc) is 2.95. The lowest BCUT2D eigenvalue weighted by atomic mass is 10.1. The molecular formula is C19H14N2O3. The molecule has 5 nitrogen and oxygen atoms in total.